The van der Waals surface area contributed by atoms with Gasteiger partial charge in [-0.05, 0) is 24.3 Å². The van der Waals surface area contributed by atoms with Crippen LogP contribution in [0.25, 0.3) is 0 Å². The average molecular weight is 267 g/mol. The van der Waals surface area contributed by atoms with Gasteiger partial charge in [0.25, 0.3) is 5.91 Å². The molecule has 0 atom stereocenters. The number of aromatic hydroxyl groups is 1. The third kappa shape index (κ3) is 2.67. The van der Waals surface area contributed by atoms with Crippen LogP contribution in [-0.4, -0.2) is 11.0 Å². The maximum atomic E-state index is 13.3. The van der Waals surface area contributed by atoms with Gasteiger partial charge in [-0.3, -0.25) is 4.79 Å². The van der Waals surface area contributed by atoms with Gasteiger partial charge in [0, 0.05) is 6.07 Å². The predicted molar refractivity (Wildman–Crippen MR) is 62.4 cm³/mol. The fourth-order valence-electron chi connectivity index (χ4n) is 1.51. The Hall–Kier alpha value is -2.50. The van der Waals surface area contributed by atoms with E-state index in [1.165, 1.54) is 0 Å². The topological polar surface area (TPSA) is 49.3 Å². The molecule has 0 aromatic heterocycles. The van der Waals surface area contributed by atoms with Gasteiger partial charge in [0.15, 0.2) is 0 Å². The quantitative estimate of drug-likeness (QED) is 0.821. The highest BCUT2D eigenvalue weighted by Crippen LogP contribution is 2.24. The molecule has 0 aliphatic rings. The summed E-state index contributed by atoms with van der Waals surface area (Å²) >= 11 is 0. The molecule has 19 heavy (non-hydrogen) atoms. The summed E-state index contributed by atoms with van der Waals surface area (Å²) < 4.78 is 39.4. The molecule has 0 radical (unpaired) electrons. The lowest BCUT2D eigenvalue weighted by Crippen LogP contribution is -2.15. The Balaban J connectivity index is 2.31. The van der Waals surface area contributed by atoms with Gasteiger partial charge in [0.05, 0.1) is 5.69 Å². The third-order valence-electron chi connectivity index (χ3n) is 2.40. The summed E-state index contributed by atoms with van der Waals surface area (Å²) in [5, 5.41) is 11.5. The second-order valence-corrected chi connectivity index (χ2v) is 3.71. The molecule has 2 rings (SSSR count). The van der Waals surface area contributed by atoms with Crippen LogP contribution in [0.15, 0.2) is 36.4 Å². The van der Waals surface area contributed by atoms with E-state index in [0.717, 1.165) is 36.4 Å². The number of phenols is 1. The normalized spacial score (nSPS) is 10.3. The summed E-state index contributed by atoms with van der Waals surface area (Å²) in [5.74, 6) is -4.37. The summed E-state index contributed by atoms with van der Waals surface area (Å²) in [6.45, 7) is 0. The van der Waals surface area contributed by atoms with Crippen LogP contribution in [0.4, 0.5) is 18.9 Å². The number of rotatable bonds is 2. The molecule has 0 unspecified atom stereocenters. The molecule has 98 valence electrons. The summed E-state index contributed by atoms with van der Waals surface area (Å²) in [6.07, 6.45) is 0. The zero-order valence-corrected chi connectivity index (χ0v) is 9.45. The molecule has 0 aliphatic heterocycles. The molecule has 2 aromatic rings. The van der Waals surface area contributed by atoms with Crippen molar-refractivity contribution in [2.75, 3.05) is 5.32 Å². The molecule has 6 heteroatoms. The lowest BCUT2D eigenvalue weighted by molar-refractivity contribution is 0.101. The summed E-state index contributed by atoms with van der Waals surface area (Å²) in [5.41, 5.74) is -0.916. The number of anilines is 1. The fourth-order valence-corrected chi connectivity index (χ4v) is 1.51. The highest BCUT2D eigenvalue weighted by molar-refractivity contribution is 6.05. The highest BCUT2D eigenvalue weighted by Gasteiger charge is 2.18. The van der Waals surface area contributed by atoms with Crippen LogP contribution in [0.2, 0.25) is 0 Å². The van der Waals surface area contributed by atoms with Crippen LogP contribution in [0, 0.1) is 17.5 Å². The number of halogens is 3. The van der Waals surface area contributed by atoms with Gasteiger partial charge in [-0.25, -0.2) is 13.2 Å². The lowest BCUT2D eigenvalue weighted by Gasteiger charge is -2.08. The molecule has 3 nitrogen and oxygen atoms in total. The van der Waals surface area contributed by atoms with Crippen molar-refractivity contribution in [3.8, 4) is 5.75 Å². The minimum atomic E-state index is -1.07. The molecule has 2 N–H and O–H groups in total. The molecule has 0 bridgehead atoms. The zero-order chi connectivity index (χ0) is 14.0. The predicted octanol–water partition coefficient (Wildman–Crippen LogP) is 3.06. The SMILES string of the molecule is O=C(Nc1ccc(F)cc1O)c1c(F)cccc1F. The molecule has 0 saturated carbocycles. The van der Waals surface area contributed by atoms with E-state index in [-0.39, 0.29) is 5.69 Å². The zero-order valence-electron chi connectivity index (χ0n) is 9.45. The first-order chi connectivity index (χ1) is 8.99. The lowest BCUT2D eigenvalue weighted by atomic mass is 10.1. The number of carbonyl (C=O) groups is 1. The largest absolute Gasteiger partial charge is 0.506 e. The van der Waals surface area contributed by atoms with Crippen LogP contribution in [0.5, 0.6) is 5.75 Å². The van der Waals surface area contributed by atoms with Gasteiger partial charge >= 0.3 is 0 Å². The molecule has 0 aliphatic carbocycles. The number of hydrogen-bond donors (Lipinski definition) is 2. The summed E-state index contributed by atoms with van der Waals surface area (Å²) in [6, 6.07) is 5.84. The van der Waals surface area contributed by atoms with Crippen LogP contribution in [0.3, 0.4) is 0 Å². The number of phenolic OH excluding ortho intramolecular Hbond substituents is 1. The van der Waals surface area contributed by atoms with E-state index in [1.54, 1.807) is 0 Å². The Bertz CT molecular complexity index is 624. The minimum Gasteiger partial charge on any atom is -0.506 e. The van der Waals surface area contributed by atoms with Gasteiger partial charge in [-0.1, -0.05) is 6.07 Å². The van der Waals surface area contributed by atoms with Gasteiger partial charge in [0.2, 0.25) is 0 Å². The molecule has 1 amide bonds. The van der Waals surface area contributed by atoms with Crippen molar-refractivity contribution in [1.29, 1.82) is 0 Å². The van der Waals surface area contributed by atoms with Crippen molar-refractivity contribution in [1.82, 2.24) is 0 Å². The Morgan fingerprint density at radius 1 is 1.05 bits per heavy atom. The number of amides is 1. The molecule has 0 saturated heterocycles. The minimum absolute atomic E-state index is 0.144. The van der Waals surface area contributed by atoms with Crippen molar-refractivity contribution in [3.63, 3.8) is 0 Å². The van der Waals surface area contributed by atoms with E-state index in [0.29, 0.717) is 0 Å². The first-order valence-electron chi connectivity index (χ1n) is 5.23. The molecular weight excluding hydrogens is 259 g/mol. The Morgan fingerprint density at radius 2 is 1.68 bits per heavy atom. The summed E-state index contributed by atoms with van der Waals surface area (Å²) in [7, 11) is 0. The van der Waals surface area contributed by atoms with Crippen molar-refractivity contribution in [3.05, 3.63) is 59.4 Å². The number of hydrogen-bond acceptors (Lipinski definition) is 2. The standard InChI is InChI=1S/C13H8F3NO2/c14-7-4-5-10(11(18)6-7)17-13(19)12-8(15)2-1-3-9(12)16/h1-6,18H,(H,17,19). The van der Waals surface area contributed by atoms with E-state index in [9.17, 15) is 23.1 Å². The van der Waals surface area contributed by atoms with Gasteiger partial charge in [-0.15, -0.1) is 0 Å². The fraction of sp³-hybridized carbons (Fsp3) is 0. The van der Waals surface area contributed by atoms with Crippen LogP contribution >= 0.6 is 0 Å². The molecule has 0 spiro atoms. The highest BCUT2D eigenvalue weighted by atomic mass is 19.1. The molecule has 0 heterocycles. The van der Waals surface area contributed by atoms with E-state index < -0.39 is 34.7 Å². The average Bonchev–Trinajstić information content (AvgIpc) is 2.32. The number of nitrogens with one attached hydrogen (secondary N) is 1. The molecule has 0 fully saturated rings. The number of benzene rings is 2. The van der Waals surface area contributed by atoms with E-state index in [4.69, 9.17) is 0 Å². The maximum absolute atomic E-state index is 13.3. The van der Waals surface area contributed by atoms with E-state index >= 15 is 0 Å². The third-order valence-corrected chi connectivity index (χ3v) is 2.40. The monoisotopic (exact) mass is 267 g/mol. The van der Waals surface area contributed by atoms with Crippen LogP contribution < -0.4 is 5.32 Å². The van der Waals surface area contributed by atoms with Crippen molar-refractivity contribution < 1.29 is 23.1 Å². The second kappa shape index (κ2) is 5.01. The second-order valence-electron chi connectivity index (χ2n) is 3.71. The van der Waals surface area contributed by atoms with Crippen molar-refractivity contribution >= 4 is 11.6 Å². The van der Waals surface area contributed by atoms with E-state index in [1.807, 2.05) is 0 Å². The van der Waals surface area contributed by atoms with Gasteiger partial charge < -0.3 is 10.4 Å². The number of carbonyl (C=O) groups excluding carboxylic acids is 1. The van der Waals surface area contributed by atoms with Gasteiger partial charge in [0.1, 0.15) is 28.8 Å². The maximum Gasteiger partial charge on any atom is 0.261 e. The first kappa shape index (κ1) is 12.9. The smallest absolute Gasteiger partial charge is 0.261 e. The summed E-state index contributed by atoms with van der Waals surface area (Å²) in [4.78, 5) is 11.7. The van der Waals surface area contributed by atoms with Crippen LogP contribution in [-0.2, 0) is 0 Å². The molecular formula is C13H8F3NO2. The van der Waals surface area contributed by atoms with Crippen molar-refractivity contribution in [2.45, 2.75) is 0 Å². The first-order valence-corrected chi connectivity index (χ1v) is 5.23. The molecule has 2 aromatic carbocycles. The van der Waals surface area contributed by atoms with E-state index in [2.05, 4.69) is 5.32 Å². The van der Waals surface area contributed by atoms with Crippen molar-refractivity contribution in [2.24, 2.45) is 0 Å². The Morgan fingerprint density at radius 3 is 2.26 bits per heavy atom. The van der Waals surface area contributed by atoms with Crippen LogP contribution in [0.1, 0.15) is 10.4 Å². The van der Waals surface area contributed by atoms with Gasteiger partial charge in [-0.2, -0.15) is 0 Å². The Labute approximate surface area is 106 Å². The Kier molecular flexibility index (Phi) is 3.41.